The second-order valence-corrected chi connectivity index (χ2v) is 4.53. The Morgan fingerprint density at radius 1 is 0.857 bits per heavy atom. The third-order valence-electron chi connectivity index (χ3n) is 3.39. The lowest BCUT2D eigenvalue weighted by Crippen LogP contribution is -1.96. The van der Waals surface area contributed by atoms with Crippen LogP contribution in [0.25, 0.3) is 16.6 Å². The van der Waals surface area contributed by atoms with Gasteiger partial charge in [-0.1, -0.05) is 6.07 Å². The summed E-state index contributed by atoms with van der Waals surface area (Å²) >= 11 is 0. The fraction of sp³-hybridized carbons (Fsp3) is 0.188. The molecule has 0 N–H and O–H groups in total. The number of aromatic nitrogens is 2. The van der Waals surface area contributed by atoms with Gasteiger partial charge in [0.05, 0.1) is 26.8 Å². The Balaban J connectivity index is 2.16. The van der Waals surface area contributed by atoms with Crippen molar-refractivity contribution < 1.29 is 14.2 Å². The maximum Gasteiger partial charge on any atom is 0.203 e. The molecule has 1 aromatic carbocycles. The summed E-state index contributed by atoms with van der Waals surface area (Å²) in [5, 5.41) is 4.25. The van der Waals surface area contributed by atoms with Crippen molar-refractivity contribution in [2.45, 2.75) is 0 Å². The standard InChI is InChI=1S/C16H16N2O3/c1-19-14-8-12(9-15(20-2)16(14)21-3)11-4-5-13-6-7-17-18(13)10-11/h4-10H,1-3H3. The zero-order valence-electron chi connectivity index (χ0n) is 12.2. The summed E-state index contributed by atoms with van der Waals surface area (Å²) in [7, 11) is 4.81. The number of hydrogen-bond acceptors (Lipinski definition) is 4. The zero-order valence-corrected chi connectivity index (χ0v) is 12.2. The lowest BCUT2D eigenvalue weighted by Gasteiger charge is -2.14. The Labute approximate surface area is 122 Å². The first-order valence-electron chi connectivity index (χ1n) is 6.50. The van der Waals surface area contributed by atoms with Crippen molar-refractivity contribution in [3.05, 3.63) is 42.7 Å². The lowest BCUT2D eigenvalue weighted by atomic mass is 10.1. The van der Waals surface area contributed by atoms with Crippen LogP contribution in [0.1, 0.15) is 0 Å². The Morgan fingerprint density at radius 2 is 1.57 bits per heavy atom. The summed E-state index contributed by atoms with van der Waals surface area (Å²) in [6.07, 6.45) is 3.74. The quantitative estimate of drug-likeness (QED) is 0.738. The van der Waals surface area contributed by atoms with E-state index in [1.807, 2.05) is 41.0 Å². The van der Waals surface area contributed by atoms with Gasteiger partial charge < -0.3 is 14.2 Å². The Bertz CT molecular complexity index is 755. The highest BCUT2D eigenvalue weighted by Gasteiger charge is 2.14. The van der Waals surface area contributed by atoms with Gasteiger partial charge in [-0.25, -0.2) is 4.52 Å². The van der Waals surface area contributed by atoms with E-state index < -0.39 is 0 Å². The molecule has 3 aromatic rings. The number of hydrogen-bond donors (Lipinski definition) is 0. The van der Waals surface area contributed by atoms with Gasteiger partial charge in [0.2, 0.25) is 5.75 Å². The number of ether oxygens (including phenoxy) is 3. The molecule has 108 valence electrons. The maximum absolute atomic E-state index is 5.39. The van der Waals surface area contributed by atoms with Crippen molar-refractivity contribution in [1.29, 1.82) is 0 Å². The number of methoxy groups -OCH3 is 3. The van der Waals surface area contributed by atoms with Crippen LogP contribution in [0.5, 0.6) is 17.2 Å². The van der Waals surface area contributed by atoms with Gasteiger partial charge in [-0.15, -0.1) is 0 Å². The van der Waals surface area contributed by atoms with Gasteiger partial charge in [0, 0.05) is 18.0 Å². The van der Waals surface area contributed by atoms with Gasteiger partial charge in [-0.05, 0) is 29.8 Å². The van der Waals surface area contributed by atoms with Crippen molar-refractivity contribution >= 4 is 5.52 Å². The van der Waals surface area contributed by atoms with Crippen LogP contribution in [-0.2, 0) is 0 Å². The highest BCUT2D eigenvalue weighted by Crippen LogP contribution is 2.41. The molecule has 0 spiro atoms. The number of fused-ring (bicyclic) bond motifs is 1. The van der Waals surface area contributed by atoms with Crippen LogP contribution in [0.15, 0.2) is 42.7 Å². The van der Waals surface area contributed by atoms with Gasteiger partial charge >= 0.3 is 0 Å². The minimum atomic E-state index is 0.587. The predicted molar refractivity (Wildman–Crippen MR) is 80.3 cm³/mol. The normalized spacial score (nSPS) is 10.6. The molecular formula is C16H16N2O3. The van der Waals surface area contributed by atoms with E-state index in [1.165, 1.54) is 0 Å². The van der Waals surface area contributed by atoms with Crippen molar-refractivity contribution in [2.75, 3.05) is 21.3 Å². The highest BCUT2D eigenvalue weighted by atomic mass is 16.5. The molecule has 3 rings (SSSR count). The smallest absolute Gasteiger partial charge is 0.203 e. The topological polar surface area (TPSA) is 45.0 Å². The number of rotatable bonds is 4. The van der Waals surface area contributed by atoms with Crippen LogP contribution in [0.4, 0.5) is 0 Å². The Kier molecular flexibility index (Phi) is 3.39. The van der Waals surface area contributed by atoms with E-state index in [2.05, 4.69) is 5.10 Å². The molecule has 0 radical (unpaired) electrons. The third kappa shape index (κ3) is 2.27. The summed E-state index contributed by atoms with van der Waals surface area (Å²) in [6.45, 7) is 0. The number of pyridine rings is 1. The zero-order chi connectivity index (χ0) is 14.8. The van der Waals surface area contributed by atoms with Crippen molar-refractivity contribution in [3.63, 3.8) is 0 Å². The number of benzene rings is 1. The van der Waals surface area contributed by atoms with Gasteiger partial charge in [0.15, 0.2) is 11.5 Å². The number of nitrogens with zero attached hydrogens (tertiary/aromatic N) is 2. The molecule has 0 aliphatic carbocycles. The second kappa shape index (κ2) is 5.36. The fourth-order valence-electron chi connectivity index (χ4n) is 2.33. The van der Waals surface area contributed by atoms with E-state index in [1.54, 1.807) is 27.5 Å². The van der Waals surface area contributed by atoms with E-state index >= 15 is 0 Å². The van der Waals surface area contributed by atoms with Gasteiger partial charge in [0.1, 0.15) is 0 Å². The highest BCUT2D eigenvalue weighted by molar-refractivity contribution is 5.71. The molecule has 2 aromatic heterocycles. The van der Waals surface area contributed by atoms with E-state index in [0.717, 1.165) is 16.6 Å². The Morgan fingerprint density at radius 3 is 2.19 bits per heavy atom. The molecule has 21 heavy (non-hydrogen) atoms. The largest absolute Gasteiger partial charge is 0.493 e. The van der Waals surface area contributed by atoms with Crippen LogP contribution in [0.2, 0.25) is 0 Å². The van der Waals surface area contributed by atoms with Crippen LogP contribution >= 0.6 is 0 Å². The minimum absolute atomic E-state index is 0.587. The van der Waals surface area contributed by atoms with Gasteiger partial charge in [-0.3, -0.25) is 0 Å². The second-order valence-electron chi connectivity index (χ2n) is 4.53. The van der Waals surface area contributed by atoms with Crippen molar-refractivity contribution in [3.8, 4) is 28.4 Å². The summed E-state index contributed by atoms with van der Waals surface area (Å²) in [6, 6.07) is 9.86. The molecule has 5 heteroatoms. The van der Waals surface area contributed by atoms with Crippen molar-refractivity contribution in [2.24, 2.45) is 0 Å². The SMILES string of the molecule is COc1cc(-c2ccc3ccnn3c2)cc(OC)c1OC. The van der Waals surface area contributed by atoms with E-state index in [9.17, 15) is 0 Å². The molecule has 0 saturated carbocycles. The Hall–Kier alpha value is -2.69. The van der Waals surface area contributed by atoms with Crippen LogP contribution in [-0.4, -0.2) is 30.9 Å². The average Bonchev–Trinajstić information content (AvgIpc) is 3.00. The molecule has 0 amide bonds. The van der Waals surface area contributed by atoms with Gasteiger partial charge in [0.25, 0.3) is 0 Å². The first kappa shape index (κ1) is 13.3. The van der Waals surface area contributed by atoms with Crippen molar-refractivity contribution in [1.82, 2.24) is 9.61 Å². The van der Waals surface area contributed by atoms with Crippen LogP contribution < -0.4 is 14.2 Å². The molecule has 0 aliphatic rings. The molecule has 0 bridgehead atoms. The summed E-state index contributed by atoms with van der Waals surface area (Å²) < 4.78 is 17.9. The minimum Gasteiger partial charge on any atom is -0.493 e. The summed E-state index contributed by atoms with van der Waals surface area (Å²) in [5.41, 5.74) is 3.04. The molecule has 0 unspecified atom stereocenters. The predicted octanol–water partition coefficient (Wildman–Crippen LogP) is 3.03. The van der Waals surface area contributed by atoms with Gasteiger partial charge in [-0.2, -0.15) is 5.10 Å². The summed E-state index contributed by atoms with van der Waals surface area (Å²) in [4.78, 5) is 0. The third-order valence-corrected chi connectivity index (χ3v) is 3.39. The summed E-state index contributed by atoms with van der Waals surface area (Å²) in [5.74, 6) is 1.85. The molecule has 0 atom stereocenters. The molecule has 5 nitrogen and oxygen atoms in total. The maximum atomic E-state index is 5.39. The average molecular weight is 284 g/mol. The van der Waals surface area contributed by atoms with Crippen LogP contribution in [0, 0.1) is 0 Å². The molecule has 0 saturated heterocycles. The molecule has 0 fully saturated rings. The first-order valence-corrected chi connectivity index (χ1v) is 6.50. The van der Waals surface area contributed by atoms with E-state index in [-0.39, 0.29) is 0 Å². The van der Waals surface area contributed by atoms with E-state index in [0.29, 0.717) is 17.2 Å². The van der Waals surface area contributed by atoms with E-state index in [4.69, 9.17) is 14.2 Å². The molecular weight excluding hydrogens is 268 g/mol. The monoisotopic (exact) mass is 284 g/mol. The molecule has 2 heterocycles. The van der Waals surface area contributed by atoms with Crippen LogP contribution in [0.3, 0.4) is 0 Å². The lowest BCUT2D eigenvalue weighted by molar-refractivity contribution is 0.324. The molecule has 0 aliphatic heterocycles. The first-order chi connectivity index (χ1) is 10.3. The fourth-order valence-corrected chi connectivity index (χ4v) is 2.33.